The van der Waals surface area contributed by atoms with Crippen LogP contribution in [0.5, 0.6) is 0 Å². The first kappa shape index (κ1) is 14.5. The molecule has 0 fully saturated rings. The molecule has 0 amide bonds. The van der Waals surface area contributed by atoms with Gasteiger partial charge in [-0.2, -0.15) is 12.6 Å². The minimum Gasteiger partial charge on any atom is -0.275 e. The largest absolute Gasteiger partial charge is 0.275 e. The fraction of sp³-hybridized carbons (Fsp3) is 1.00. The van der Waals surface area contributed by atoms with Crippen molar-refractivity contribution in [2.24, 2.45) is 0 Å². The van der Waals surface area contributed by atoms with E-state index in [1.807, 2.05) is 0 Å². The van der Waals surface area contributed by atoms with Gasteiger partial charge in [-0.3, -0.25) is 4.57 Å². The second-order valence-electron chi connectivity index (χ2n) is 3.76. The molecule has 0 aromatic rings. The molecule has 0 heterocycles. The highest BCUT2D eigenvalue weighted by Crippen LogP contribution is 2.10. The second kappa shape index (κ2) is 13.4. The van der Waals surface area contributed by atoms with Gasteiger partial charge in [-0.25, -0.2) is 0 Å². The van der Waals surface area contributed by atoms with E-state index in [1.165, 1.54) is 51.4 Å². The van der Waals surface area contributed by atoms with Crippen molar-refractivity contribution in [2.45, 2.75) is 57.8 Å². The zero-order valence-electron chi connectivity index (χ0n) is 9.08. The Bertz CT molecular complexity index is 120. The van der Waals surface area contributed by atoms with Crippen LogP contribution in [0.3, 0.4) is 0 Å². The number of thiol groups is 1. The van der Waals surface area contributed by atoms with Crippen LogP contribution in [0.4, 0.5) is 0 Å². The number of rotatable bonds is 11. The molecule has 0 unspecified atom stereocenters. The summed E-state index contributed by atoms with van der Waals surface area (Å²) in [5.74, 6) is 1.04. The Morgan fingerprint density at radius 3 is 1.57 bits per heavy atom. The third kappa shape index (κ3) is 12.4. The monoisotopic (exact) mass is 234 g/mol. The molecule has 0 aliphatic heterocycles. The minimum atomic E-state index is 0.317. The van der Waals surface area contributed by atoms with Gasteiger partial charge in [0.25, 0.3) is 0 Å². The lowest BCUT2D eigenvalue weighted by Crippen LogP contribution is -1.82. The van der Waals surface area contributed by atoms with Gasteiger partial charge in [0, 0.05) is 6.16 Å². The first-order chi connectivity index (χ1) is 6.91. The zero-order chi connectivity index (χ0) is 10.5. The van der Waals surface area contributed by atoms with Crippen LogP contribution in [-0.4, -0.2) is 11.9 Å². The van der Waals surface area contributed by atoms with Gasteiger partial charge in [0.1, 0.15) is 0 Å². The van der Waals surface area contributed by atoms with Crippen LogP contribution >= 0.6 is 21.1 Å². The van der Waals surface area contributed by atoms with Gasteiger partial charge in [0.05, 0.1) is 0 Å². The smallest absolute Gasteiger partial charge is 0.155 e. The molecule has 0 aromatic carbocycles. The lowest BCUT2D eigenvalue weighted by atomic mass is 10.1. The third-order valence-electron chi connectivity index (χ3n) is 2.41. The van der Waals surface area contributed by atoms with Crippen molar-refractivity contribution in [1.29, 1.82) is 0 Å². The molecule has 1 nitrogen and oxygen atoms in total. The van der Waals surface area contributed by atoms with E-state index in [2.05, 4.69) is 12.6 Å². The summed E-state index contributed by atoms with van der Waals surface area (Å²) in [4.78, 5) is 0. The lowest BCUT2D eigenvalue weighted by molar-refractivity contribution is 0.570. The fourth-order valence-electron chi connectivity index (χ4n) is 1.53. The van der Waals surface area contributed by atoms with E-state index >= 15 is 0 Å². The van der Waals surface area contributed by atoms with Gasteiger partial charge < -0.3 is 0 Å². The summed E-state index contributed by atoms with van der Waals surface area (Å²) in [6.45, 7) is 0. The van der Waals surface area contributed by atoms with Crippen molar-refractivity contribution in [3.05, 3.63) is 0 Å². The summed E-state index contributed by atoms with van der Waals surface area (Å²) in [6.07, 6.45) is 12.7. The quantitative estimate of drug-likeness (QED) is 0.311. The van der Waals surface area contributed by atoms with Gasteiger partial charge in [0.15, 0.2) is 8.46 Å². The summed E-state index contributed by atoms with van der Waals surface area (Å²) in [6, 6.07) is 0. The van der Waals surface area contributed by atoms with E-state index in [9.17, 15) is 4.57 Å². The predicted molar refractivity (Wildman–Crippen MR) is 67.9 cm³/mol. The predicted octanol–water partition coefficient (Wildman–Crippen LogP) is 4.72. The highest BCUT2D eigenvalue weighted by Gasteiger charge is 1.92. The van der Waals surface area contributed by atoms with Crippen molar-refractivity contribution in [1.82, 2.24) is 0 Å². The van der Waals surface area contributed by atoms with E-state index in [-0.39, 0.29) is 0 Å². The standard InChI is InChI=1S/C11H23OPS/c12-13-10-8-6-4-2-1-3-5-7-9-11-14/h14H,1-11H2. The molecule has 0 atom stereocenters. The van der Waals surface area contributed by atoms with E-state index in [1.54, 1.807) is 0 Å². The van der Waals surface area contributed by atoms with Crippen LogP contribution in [0.1, 0.15) is 57.8 Å². The first-order valence-corrected chi connectivity index (χ1v) is 7.45. The van der Waals surface area contributed by atoms with Crippen LogP contribution in [0.2, 0.25) is 0 Å². The maximum Gasteiger partial charge on any atom is 0.155 e. The summed E-state index contributed by atoms with van der Waals surface area (Å²) in [5.41, 5.74) is 0. The molecule has 0 radical (unpaired) electrons. The Morgan fingerprint density at radius 1 is 0.714 bits per heavy atom. The SMILES string of the molecule is O=PCCCCCCCCCCCS. The Morgan fingerprint density at radius 2 is 1.14 bits per heavy atom. The molecule has 84 valence electrons. The van der Waals surface area contributed by atoms with Crippen molar-refractivity contribution in [3.8, 4) is 0 Å². The van der Waals surface area contributed by atoms with Crippen molar-refractivity contribution in [3.63, 3.8) is 0 Å². The van der Waals surface area contributed by atoms with Gasteiger partial charge in [-0.1, -0.05) is 44.9 Å². The highest BCUT2D eigenvalue weighted by atomic mass is 32.1. The normalized spacial score (nSPS) is 10.9. The molecule has 0 bridgehead atoms. The lowest BCUT2D eigenvalue weighted by Gasteiger charge is -2.00. The minimum absolute atomic E-state index is 0.317. The van der Waals surface area contributed by atoms with Crippen LogP contribution in [0, 0.1) is 0 Å². The summed E-state index contributed by atoms with van der Waals surface area (Å²) in [7, 11) is 0.317. The summed E-state index contributed by atoms with van der Waals surface area (Å²) >= 11 is 4.19. The number of hydrogen-bond acceptors (Lipinski definition) is 2. The Hall–Kier alpha value is 0.450. The number of hydrogen-bond donors (Lipinski definition) is 1. The molecule has 14 heavy (non-hydrogen) atoms. The molecule has 0 saturated heterocycles. The molecule has 3 heteroatoms. The fourth-order valence-corrected chi connectivity index (χ4v) is 2.10. The van der Waals surface area contributed by atoms with Gasteiger partial charge >= 0.3 is 0 Å². The van der Waals surface area contributed by atoms with E-state index in [0.29, 0.717) is 8.46 Å². The summed E-state index contributed by atoms with van der Waals surface area (Å²) in [5, 5.41) is 0. The van der Waals surface area contributed by atoms with E-state index < -0.39 is 0 Å². The molecule has 0 aliphatic rings. The summed E-state index contributed by atoms with van der Waals surface area (Å²) < 4.78 is 10.1. The average molecular weight is 234 g/mol. The van der Waals surface area contributed by atoms with Crippen LogP contribution < -0.4 is 0 Å². The van der Waals surface area contributed by atoms with Crippen LogP contribution in [-0.2, 0) is 4.57 Å². The zero-order valence-corrected chi connectivity index (χ0v) is 10.9. The molecule has 0 N–H and O–H groups in total. The van der Waals surface area contributed by atoms with Gasteiger partial charge in [-0.15, -0.1) is 0 Å². The van der Waals surface area contributed by atoms with Gasteiger partial charge in [0.2, 0.25) is 0 Å². The third-order valence-corrected chi connectivity index (χ3v) is 3.22. The maximum absolute atomic E-state index is 10.1. The number of unbranched alkanes of at least 4 members (excludes halogenated alkanes) is 8. The van der Waals surface area contributed by atoms with Crippen LogP contribution in [0.15, 0.2) is 0 Å². The second-order valence-corrected chi connectivity index (χ2v) is 4.91. The van der Waals surface area contributed by atoms with Crippen molar-refractivity contribution < 1.29 is 4.57 Å². The van der Waals surface area contributed by atoms with E-state index in [0.717, 1.165) is 18.3 Å². The first-order valence-electron chi connectivity index (χ1n) is 5.82. The maximum atomic E-state index is 10.1. The van der Waals surface area contributed by atoms with Crippen molar-refractivity contribution in [2.75, 3.05) is 11.9 Å². The molecule has 0 aromatic heterocycles. The molecular formula is C11H23OPS. The van der Waals surface area contributed by atoms with Crippen LogP contribution in [0.25, 0.3) is 0 Å². The van der Waals surface area contributed by atoms with Crippen molar-refractivity contribution >= 4 is 21.1 Å². The van der Waals surface area contributed by atoms with E-state index in [4.69, 9.17) is 0 Å². The topological polar surface area (TPSA) is 17.1 Å². The molecule has 0 saturated carbocycles. The highest BCUT2D eigenvalue weighted by molar-refractivity contribution is 7.80. The molecule has 0 spiro atoms. The molecular weight excluding hydrogens is 211 g/mol. The Kier molecular flexibility index (Phi) is 13.9. The molecule has 0 rings (SSSR count). The molecule has 0 aliphatic carbocycles. The van der Waals surface area contributed by atoms with Gasteiger partial charge in [-0.05, 0) is 18.6 Å². The Balaban J connectivity index is 2.81. The Labute approximate surface area is 95.7 Å². The average Bonchev–Trinajstić information content (AvgIpc) is 2.21.